The van der Waals surface area contributed by atoms with Gasteiger partial charge in [0.15, 0.2) is 0 Å². The van der Waals surface area contributed by atoms with E-state index in [9.17, 15) is 9.59 Å². The van der Waals surface area contributed by atoms with Gasteiger partial charge in [-0.1, -0.05) is 0 Å². The molecule has 2 atom stereocenters. The lowest BCUT2D eigenvalue weighted by Gasteiger charge is -2.41. The minimum atomic E-state index is -0.256. The summed E-state index contributed by atoms with van der Waals surface area (Å²) in [5, 5.41) is 0. The molecule has 0 aromatic carbocycles. The summed E-state index contributed by atoms with van der Waals surface area (Å²) in [7, 11) is 0. The second-order valence-corrected chi connectivity index (χ2v) is 8.54. The maximum absolute atomic E-state index is 12.7. The molecule has 3 aliphatic rings. The lowest BCUT2D eigenvalue weighted by molar-refractivity contribution is -0.137. The third-order valence-electron chi connectivity index (χ3n) is 5.57. The number of hydrogen-bond acceptors (Lipinski definition) is 4. The molecule has 0 unspecified atom stereocenters. The van der Waals surface area contributed by atoms with Crippen molar-refractivity contribution < 1.29 is 14.3 Å². The summed E-state index contributed by atoms with van der Waals surface area (Å²) in [4.78, 5) is 30.7. The maximum atomic E-state index is 12.7. The number of carbonyl (C=O) groups is 2. The fourth-order valence-electron chi connectivity index (χ4n) is 4.33. The highest BCUT2D eigenvalue weighted by molar-refractivity contribution is 7.13. The van der Waals surface area contributed by atoms with Crippen LogP contribution in [0.3, 0.4) is 0 Å². The molecule has 3 saturated heterocycles. The van der Waals surface area contributed by atoms with Crippen molar-refractivity contribution in [2.24, 2.45) is 0 Å². The molecule has 3 aliphatic heterocycles. The third kappa shape index (κ3) is 2.86. The Bertz CT molecular complexity index is 658. The van der Waals surface area contributed by atoms with E-state index < -0.39 is 0 Å². The highest BCUT2D eigenvalue weighted by Gasteiger charge is 2.47. The smallest absolute Gasteiger partial charge is 0.264 e. The van der Waals surface area contributed by atoms with Crippen LogP contribution in [0.4, 0.5) is 0 Å². The summed E-state index contributed by atoms with van der Waals surface area (Å²) in [5.74, 6) is 0.407. The predicted molar refractivity (Wildman–Crippen MR) is 92.2 cm³/mol. The van der Waals surface area contributed by atoms with Crippen LogP contribution in [-0.4, -0.2) is 59.5 Å². The highest BCUT2D eigenvalue weighted by Crippen LogP contribution is 2.37. The zero-order valence-electron chi connectivity index (χ0n) is 14.1. The summed E-state index contributed by atoms with van der Waals surface area (Å²) in [5.41, 5.74) is -0.256. The van der Waals surface area contributed by atoms with Crippen molar-refractivity contribution in [3.63, 3.8) is 0 Å². The molecular weight excluding hydrogens is 324 g/mol. The first-order valence-electron chi connectivity index (χ1n) is 8.85. The minimum Gasteiger partial charge on any atom is -0.373 e. The summed E-state index contributed by atoms with van der Waals surface area (Å²) in [6.07, 6.45) is 4.33. The first kappa shape index (κ1) is 16.1. The van der Waals surface area contributed by atoms with Crippen LogP contribution >= 0.6 is 11.3 Å². The predicted octanol–water partition coefficient (Wildman–Crippen LogP) is 2.44. The fourth-order valence-corrected chi connectivity index (χ4v) is 5.17. The van der Waals surface area contributed by atoms with Crippen molar-refractivity contribution in [3.8, 4) is 0 Å². The molecule has 1 aromatic heterocycles. The summed E-state index contributed by atoms with van der Waals surface area (Å²) in [6.45, 7) is 5.00. The molecule has 0 radical (unpaired) electrons. The number of amides is 2. The van der Waals surface area contributed by atoms with E-state index in [4.69, 9.17) is 4.74 Å². The van der Waals surface area contributed by atoms with E-state index in [0.29, 0.717) is 19.6 Å². The van der Waals surface area contributed by atoms with Gasteiger partial charge in [-0.15, -0.1) is 11.3 Å². The van der Waals surface area contributed by atoms with Gasteiger partial charge in [-0.2, -0.15) is 0 Å². The summed E-state index contributed by atoms with van der Waals surface area (Å²) >= 11 is 1.55. The van der Waals surface area contributed by atoms with Gasteiger partial charge >= 0.3 is 0 Å². The van der Waals surface area contributed by atoms with Crippen LogP contribution in [0.15, 0.2) is 12.1 Å². The van der Waals surface area contributed by atoms with E-state index in [2.05, 4.69) is 4.90 Å². The number of rotatable bonds is 2. The number of aryl methyl sites for hydroxylation is 1. The fraction of sp³-hybridized carbons (Fsp3) is 0.667. The largest absolute Gasteiger partial charge is 0.373 e. The number of hydrogen-bond donors (Lipinski definition) is 0. The molecule has 0 bridgehead atoms. The Morgan fingerprint density at radius 2 is 2.25 bits per heavy atom. The van der Waals surface area contributed by atoms with Crippen molar-refractivity contribution in [1.29, 1.82) is 0 Å². The van der Waals surface area contributed by atoms with Crippen molar-refractivity contribution >= 4 is 23.2 Å². The molecule has 5 nitrogen and oxygen atoms in total. The molecule has 4 heterocycles. The van der Waals surface area contributed by atoms with Crippen LogP contribution < -0.4 is 0 Å². The molecule has 1 spiro atoms. The molecule has 130 valence electrons. The average molecular weight is 348 g/mol. The molecule has 0 aliphatic carbocycles. The Labute approximate surface area is 146 Å². The number of thiophene rings is 1. The van der Waals surface area contributed by atoms with Gasteiger partial charge in [0.25, 0.3) is 5.91 Å². The van der Waals surface area contributed by atoms with Gasteiger partial charge in [-0.25, -0.2) is 0 Å². The second kappa shape index (κ2) is 6.15. The number of carbonyl (C=O) groups excluding carboxylic acids is 2. The van der Waals surface area contributed by atoms with Gasteiger partial charge in [0.1, 0.15) is 0 Å². The molecule has 0 saturated carbocycles. The van der Waals surface area contributed by atoms with Crippen LogP contribution in [0.2, 0.25) is 0 Å². The SMILES string of the molecule is Cc1ccc(C(=O)N2CC[C@@]3(C[C@H](N4CCCC4=O)CCO3)C2)s1. The normalized spacial score (nSPS) is 30.5. The summed E-state index contributed by atoms with van der Waals surface area (Å²) in [6, 6.07) is 4.20. The number of likely N-dealkylation sites (tertiary alicyclic amines) is 2. The Kier molecular flexibility index (Phi) is 4.12. The zero-order chi connectivity index (χ0) is 16.7. The van der Waals surface area contributed by atoms with Crippen LogP contribution in [-0.2, 0) is 9.53 Å². The Balaban J connectivity index is 1.44. The zero-order valence-corrected chi connectivity index (χ0v) is 14.9. The van der Waals surface area contributed by atoms with E-state index in [1.165, 1.54) is 0 Å². The Morgan fingerprint density at radius 1 is 1.38 bits per heavy atom. The van der Waals surface area contributed by atoms with Gasteiger partial charge in [-0.05, 0) is 44.7 Å². The maximum Gasteiger partial charge on any atom is 0.264 e. The standard InChI is InChI=1S/C18H24N2O3S/c1-13-4-5-15(24-13)17(22)19-9-7-18(12-19)11-14(6-10-23-18)20-8-2-3-16(20)21/h4-5,14H,2-3,6-12H2,1H3/t14-,18-/m1/s1. The van der Waals surface area contributed by atoms with Crippen LogP contribution in [0.25, 0.3) is 0 Å². The quantitative estimate of drug-likeness (QED) is 0.825. The van der Waals surface area contributed by atoms with E-state index in [0.717, 1.165) is 48.5 Å². The van der Waals surface area contributed by atoms with E-state index >= 15 is 0 Å². The molecule has 4 rings (SSSR count). The van der Waals surface area contributed by atoms with Crippen LogP contribution in [0, 0.1) is 6.92 Å². The molecule has 1 aromatic rings. The van der Waals surface area contributed by atoms with Gasteiger partial charge < -0.3 is 14.5 Å². The molecule has 2 amide bonds. The minimum absolute atomic E-state index is 0.118. The monoisotopic (exact) mass is 348 g/mol. The first-order chi connectivity index (χ1) is 11.6. The lowest BCUT2D eigenvalue weighted by Crippen LogP contribution is -2.50. The van der Waals surface area contributed by atoms with Crippen LogP contribution in [0.5, 0.6) is 0 Å². The molecule has 3 fully saturated rings. The number of ether oxygens (including phenoxy) is 1. The third-order valence-corrected chi connectivity index (χ3v) is 6.56. The number of nitrogens with zero attached hydrogens (tertiary/aromatic N) is 2. The summed E-state index contributed by atoms with van der Waals surface area (Å²) < 4.78 is 6.14. The topological polar surface area (TPSA) is 49.9 Å². The molecule has 6 heteroatoms. The van der Waals surface area contributed by atoms with Crippen LogP contribution in [0.1, 0.15) is 46.7 Å². The van der Waals surface area contributed by atoms with Gasteiger partial charge in [0.05, 0.1) is 17.0 Å². The Hall–Kier alpha value is -1.40. The van der Waals surface area contributed by atoms with E-state index in [-0.39, 0.29) is 23.5 Å². The van der Waals surface area contributed by atoms with Crippen molar-refractivity contribution in [2.45, 2.75) is 50.7 Å². The lowest BCUT2D eigenvalue weighted by atomic mass is 9.89. The Morgan fingerprint density at radius 3 is 2.96 bits per heavy atom. The second-order valence-electron chi connectivity index (χ2n) is 7.26. The van der Waals surface area contributed by atoms with E-state index in [1.807, 2.05) is 24.0 Å². The molecule has 24 heavy (non-hydrogen) atoms. The highest BCUT2D eigenvalue weighted by atomic mass is 32.1. The van der Waals surface area contributed by atoms with Crippen molar-refractivity contribution in [1.82, 2.24) is 9.80 Å². The van der Waals surface area contributed by atoms with Gasteiger partial charge in [0.2, 0.25) is 5.91 Å². The molecular formula is C18H24N2O3S. The van der Waals surface area contributed by atoms with Gasteiger partial charge in [-0.3, -0.25) is 9.59 Å². The van der Waals surface area contributed by atoms with Crippen molar-refractivity contribution in [3.05, 3.63) is 21.9 Å². The average Bonchev–Trinajstić information content (AvgIpc) is 3.28. The van der Waals surface area contributed by atoms with E-state index in [1.54, 1.807) is 11.3 Å². The molecule has 0 N–H and O–H groups in total. The van der Waals surface area contributed by atoms with Crippen molar-refractivity contribution in [2.75, 3.05) is 26.2 Å². The van der Waals surface area contributed by atoms with Gasteiger partial charge in [0, 0.05) is 37.0 Å². The first-order valence-corrected chi connectivity index (χ1v) is 9.67.